The third kappa shape index (κ3) is 7.39. The molecule has 9 heavy (non-hydrogen) atoms. The highest BCUT2D eigenvalue weighted by molar-refractivity contribution is 5.42. The number of primary amides is 1. The molecule has 1 rings (SSSR count). The van der Waals surface area contributed by atoms with Gasteiger partial charge in [0.05, 0.1) is 13.2 Å². The van der Waals surface area contributed by atoms with E-state index in [1.165, 1.54) is 0 Å². The molecule has 0 saturated carbocycles. The number of hydrogen-bond donors (Lipinski definition) is 1. The van der Waals surface area contributed by atoms with Crippen LogP contribution in [0.3, 0.4) is 0 Å². The highest BCUT2D eigenvalue weighted by Crippen LogP contribution is 1.97. The van der Waals surface area contributed by atoms with Crippen LogP contribution in [0.2, 0.25) is 0 Å². The van der Waals surface area contributed by atoms with Crippen molar-refractivity contribution in [3.63, 3.8) is 0 Å². The lowest BCUT2D eigenvalue weighted by molar-refractivity contribution is -0.312. The van der Waals surface area contributed by atoms with Crippen LogP contribution < -0.4 is 5.73 Å². The van der Waals surface area contributed by atoms with Crippen LogP contribution in [0, 0.1) is 0 Å². The van der Waals surface area contributed by atoms with Crippen LogP contribution in [0.25, 0.3) is 0 Å². The van der Waals surface area contributed by atoms with Gasteiger partial charge in [0.2, 0.25) is 6.41 Å². The number of hydrogen-bond acceptors (Lipinski definition) is 3. The van der Waals surface area contributed by atoms with E-state index < -0.39 is 0 Å². The van der Waals surface area contributed by atoms with E-state index >= 15 is 0 Å². The van der Waals surface area contributed by atoms with Crippen molar-refractivity contribution in [3.05, 3.63) is 0 Å². The molecule has 1 heterocycles. The molecule has 4 nitrogen and oxygen atoms in total. The van der Waals surface area contributed by atoms with Gasteiger partial charge in [0.25, 0.3) is 0 Å². The Kier molecular flexibility index (Phi) is 6.89. The van der Waals surface area contributed by atoms with Crippen molar-refractivity contribution in [1.82, 2.24) is 0 Å². The molecular weight excluding hydrogens is 122 g/mol. The normalized spacial score (nSPS) is 17.3. The van der Waals surface area contributed by atoms with Gasteiger partial charge in [-0.1, -0.05) is 0 Å². The first kappa shape index (κ1) is 8.39. The minimum absolute atomic E-state index is 0.250. The van der Waals surface area contributed by atoms with Crippen LogP contribution in [0.1, 0.15) is 12.8 Å². The summed E-state index contributed by atoms with van der Waals surface area (Å²) in [6.07, 6.45) is 2.56. The van der Waals surface area contributed by atoms with E-state index in [0.717, 1.165) is 26.1 Å². The van der Waals surface area contributed by atoms with Crippen molar-refractivity contribution in [2.45, 2.75) is 12.8 Å². The SMILES string of the molecule is C1CCOOC1.NC=O. The number of amides is 1. The molecule has 0 aromatic carbocycles. The van der Waals surface area contributed by atoms with E-state index in [0.29, 0.717) is 0 Å². The van der Waals surface area contributed by atoms with Crippen LogP contribution in [0.15, 0.2) is 0 Å². The van der Waals surface area contributed by atoms with Gasteiger partial charge >= 0.3 is 0 Å². The average molecular weight is 133 g/mol. The summed E-state index contributed by atoms with van der Waals surface area (Å²) in [7, 11) is 0. The van der Waals surface area contributed by atoms with E-state index in [1.54, 1.807) is 0 Å². The molecule has 0 aliphatic carbocycles. The first-order valence-corrected chi connectivity index (χ1v) is 2.81. The number of carbonyl (C=O) groups is 1. The zero-order chi connectivity index (χ0) is 6.95. The average Bonchev–Trinajstić information content (AvgIpc) is 1.93. The van der Waals surface area contributed by atoms with Crippen molar-refractivity contribution >= 4 is 6.41 Å². The Morgan fingerprint density at radius 1 is 1.22 bits per heavy atom. The summed E-state index contributed by atoms with van der Waals surface area (Å²) in [5.74, 6) is 0. The molecule has 0 radical (unpaired) electrons. The minimum atomic E-state index is 0.250. The maximum Gasteiger partial charge on any atom is 0.204 e. The van der Waals surface area contributed by atoms with Gasteiger partial charge in [-0.25, -0.2) is 9.78 Å². The molecular formula is C5H11NO3. The molecule has 0 aromatic rings. The van der Waals surface area contributed by atoms with Crippen molar-refractivity contribution in [3.8, 4) is 0 Å². The fourth-order valence-corrected chi connectivity index (χ4v) is 0.440. The Bertz CT molecular complexity index is 51.7. The van der Waals surface area contributed by atoms with Crippen LogP contribution in [0.5, 0.6) is 0 Å². The van der Waals surface area contributed by atoms with Crippen molar-refractivity contribution in [2.24, 2.45) is 5.73 Å². The van der Waals surface area contributed by atoms with Gasteiger partial charge in [-0.15, -0.1) is 0 Å². The van der Waals surface area contributed by atoms with Gasteiger partial charge in [0.1, 0.15) is 0 Å². The maximum atomic E-state index is 8.58. The summed E-state index contributed by atoms with van der Waals surface area (Å²) < 4.78 is 0. The third-order valence-electron chi connectivity index (χ3n) is 0.789. The zero-order valence-electron chi connectivity index (χ0n) is 5.21. The second-order valence-corrected chi connectivity index (χ2v) is 1.49. The van der Waals surface area contributed by atoms with Gasteiger partial charge in [-0.05, 0) is 12.8 Å². The molecule has 1 amide bonds. The highest BCUT2D eigenvalue weighted by atomic mass is 17.2. The number of rotatable bonds is 0. The lowest BCUT2D eigenvalue weighted by Gasteiger charge is -2.07. The third-order valence-corrected chi connectivity index (χ3v) is 0.789. The quantitative estimate of drug-likeness (QED) is 0.368. The molecule has 0 bridgehead atoms. The fourth-order valence-electron chi connectivity index (χ4n) is 0.440. The van der Waals surface area contributed by atoms with E-state index in [9.17, 15) is 0 Å². The molecule has 0 atom stereocenters. The summed E-state index contributed by atoms with van der Waals surface area (Å²) in [6.45, 7) is 1.56. The smallest absolute Gasteiger partial charge is 0.204 e. The van der Waals surface area contributed by atoms with Crippen molar-refractivity contribution in [1.29, 1.82) is 0 Å². The second-order valence-electron chi connectivity index (χ2n) is 1.49. The maximum absolute atomic E-state index is 8.58. The first-order chi connectivity index (χ1) is 4.41. The summed E-state index contributed by atoms with van der Waals surface area (Å²) in [6, 6.07) is 0. The zero-order valence-corrected chi connectivity index (χ0v) is 5.21. The largest absolute Gasteiger partial charge is 0.372 e. The Balaban J connectivity index is 0.000000187. The van der Waals surface area contributed by atoms with E-state index in [2.05, 4.69) is 15.5 Å². The van der Waals surface area contributed by atoms with Crippen molar-refractivity contribution in [2.75, 3.05) is 13.2 Å². The Labute approximate surface area is 53.9 Å². The summed E-state index contributed by atoms with van der Waals surface area (Å²) in [5.41, 5.74) is 4.17. The van der Waals surface area contributed by atoms with Gasteiger partial charge in [0, 0.05) is 0 Å². The van der Waals surface area contributed by atoms with E-state index in [4.69, 9.17) is 4.79 Å². The molecule has 0 unspecified atom stereocenters. The van der Waals surface area contributed by atoms with Crippen LogP contribution in [-0.2, 0) is 14.6 Å². The van der Waals surface area contributed by atoms with E-state index in [1.807, 2.05) is 0 Å². The molecule has 1 aliphatic rings. The van der Waals surface area contributed by atoms with Gasteiger partial charge in [-0.3, -0.25) is 4.79 Å². The van der Waals surface area contributed by atoms with Crippen molar-refractivity contribution < 1.29 is 14.6 Å². The first-order valence-electron chi connectivity index (χ1n) is 2.81. The van der Waals surface area contributed by atoms with Crippen LogP contribution in [0.4, 0.5) is 0 Å². The molecule has 1 aliphatic heterocycles. The Morgan fingerprint density at radius 2 is 1.56 bits per heavy atom. The molecule has 0 aromatic heterocycles. The molecule has 54 valence electrons. The number of nitrogens with two attached hydrogens (primary N) is 1. The predicted molar refractivity (Wildman–Crippen MR) is 31.4 cm³/mol. The van der Waals surface area contributed by atoms with Crippen LogP contribution in [-0.4, -0.2) is 19.6 Å². The fraction of sp³-hybridized carbons (Fsp3) is 0.800. The van der Waals surface area contributed by atoms with Gasteiger partial charge < -0.3 is 5.73 Å². The molecule has 4 heteroatoms. The topological polar surface area (TPSA) is 61.6 Å². The molecule has 0 spiro atoms. The second kappa shape index (κ2) is 7.39. The summed E-state index contributed by atoms with van der Waals surface area (Å²) in [4.78, 5) is 17.7. The van der Waals surface area contributed by atoms with Crippen LogP contribution >= 0.6 is 0 Å². The van der Waals surface area contributed by atoms with Gasteiger partial charge in [-0.2, -0.15) is 0 Å². The number of carbonyl (C=O) groups excluding carboxylic acids is 1. The molecule has 2 N–H and O–H groups in total. The standard InChI is InChI=1S/C4H8O2.CH3NO/c1-2-4-6-5-3-1;2-1-3/h1-4H2;1H,(H2,2,3). The monoisotopic (exact) mass is 133 g/mol. The molecule has 1 saturated heterocycles. The summed E-state index contributed by atoms with van der Waals surface area (Å²) >= 11 is 0. The van der Waals surface area contributed by atoms with E-state index in [-0.39, 0.29) is 6.41 Å². The lowest BCUT2D eigenvalue weighted by Crippen LogP contribution is -2.05. The predicted octanol–water partition coefficient (Wildman–Crippen LogP) is -0.170. The Hall–Kier alpha value is -0.610. The highest BCUT2D eigenvalue weighted by Gasteiger charge is 1.95. The molecule has 1 fully saturated rings. The minimum Gasteiger partial charge on any atom is -0.372 e. The summed E-state index contributed by atoms with van der Waals surface area (Å²) in [5, 5.41) is 0. The Morgan fingerprint density at radius 3 is 1.67 bits per heavy atom. The lowest BCUT2D eigenvalue weighted by atomic mass is 10.3. The van der Waals surface area contributed by atoms with Gasteiger partial charge in [0.15, 0.2) is 0 Å².